The van der Waals surface area contributed by atoms with Crippen molar-refractivity contribution in [2.24, 2.45) is 0 Å². The van der Waals surface area contributed by atoms with Crippen LogP contribution in [0.2, 0.25) is 0 Å². The summed E-state index contributed by atoms with van der Waals surface area (Å²) in [7, 11) is 0. The number of hydrogen-bond acceptors (Lipinski definition) is 9. The van der Waals surface area contributed by atoms with E-state index in [1.807, 2.05) is 0 Å². The topological polar surface area (TPSA) is 105 Å². The van der Waals surface area contributed by atoms with Gasteiger partial charge in [-0.2, -0.15) is 0 Å². The van der Waals surface area contributed by atoms with Crippen molar-refractivity contribution in [3.63, 3.8) is 0 Å². The maximum atomic E-state index is 8.51. The zero-order chi connectivity index (χ0) is 18.3. The van der Waals surface area contributed by atoms with Gasteiger partial charge in [0, 0.05) is 13.2 Å². The quantitative estimate of drug-likeness (QED) is 0.159. The summed E-state index contributed by atoms with van der Waals surface area (Å²) < 4.78 is 31.7. The molecule has 9 nitrogen and oxygen atoms in total. The van der Waals surface area contributed by atoms with Gasteiger partial charge in [0.15, 0.2) is 0 Å². The molecule has 0 aliphatic carbocycles. The van der Waals surface area contributed by atoms with Crippen LogP contribution >= 0.6 is 0 Å². The van der Waals surface area contributed by atoms with E-state index in [0.717, 1.165) is 12.8 Å². The summed E-state index contributed by atoms with van der Waals surface area (Å²) in [5.41, 5.74) is 0. The van der Waals surface area contributed by atoms with Crippen molar-refractivity contribution in [3.8, 4) is 0 Å². The van der Waals surface area contributed by atoms with Gasteiger partial charge >= 0.3 is 0 Å². The number of hydrogen-bond donors (Lipinski definition) is 2. The van der Waals surface area contributed by atoms with Crippen molar-refractivity contribution in [1.29, 1.82) is 0 Å². The third-order valence-corrected chi connectivity index (χ3v) is 2.87. The van der Waals surface area contributed by atoms with Crippen LogP contribution in [0.25, 0.3) is 0 Å². The largest absolute Gasteiger partial charge is 0.394 e. The predicted octanol–water partition coefficient (Wildman–Crippen LogP) is 0.348. The molecule has 0 saturated carbocycles. The van der Waals surface area contributed by atoms with E-state index in [2.05, 4.69) is 4.89 Å². The highest BCUT2D eigenvalue weighted by molar-refractivity contribution is 4.40. The summed E-state index contributed by atoms with van der Waals surface area (Å²) in [6.45, 7) is 6.49. The van der Waals surface area contributed by atoms with Gasteiger partial charge in [0.2, 0.25) is 0 Å². The zero-order valence-corrected chi connectivity index (χ0v) is 15.1. The van der Waals surface area contributed by atoms with E-state index in [4.69, 9.17) is 38.8 Å². The molecular formula is C16H34O9. The molecule has 0 amide bonds. The second-order valence-corrected chi connectivity index (χ2v) is 4.94. The predicted molar refractivity (Wildman–Crippen MR) is 89.8 cm³/mol. The van der Waals surface area contributed by atoms with E-state index in [1.54, 1.807) is 0 Å². The Balaban J connectivity index is 2.94. The van der Waals surface area contributed by atoms with Crippen molar-refractivity contribution >= 4 is 0 Å². The van der Waals surface area contributed by atoms with Gasteiger partial charge in [-0.15, -0.1) is 0 Å². The maximum absolute atomic E-state index is 8.51. The number of rotatable bonds is 22. The van der Waals surface area contributed by atoms with Gasteiger partial charge in [0.05, 0.1) is 72.7 Å². The summed E-state index contributed by atoms with van der Waals surface area (Å²) in [5.74, 6) is 0. The van der Waals surface area contributed by atoms with E-state index in [-0.39, 0.29) is 13.2 Å². The van der Waals surface area contributed by atoms with Gasteiger partial charge < -0.3 is 33.5 Å². The molecule has 0 aromatic heterocycles. The van der Waals surface area contributed by atoms with E-state index in [9.17, 15) is 0 Å². The lowest BCUT2D eigenvalue weighted by molar-refractivity contribution is -0.249. The molecule has 0 unspecified atom stereocenters. The van der Waals surface area contributed by atoms with Crippen LogP contribution < -0.4 is 0 Å². The minimum Gasteiger partial charge on any atom is -0.394 e. The van der Waals surface area contributed by atoms with Crippen LogP contribution in [0, 0.1) is 0 Å². The fourth-order valence-corrected chi connectivity index (χ4v) is 1.65. The summed E-state index contributed by atoms with van der Waals surface area (Å²) in [6, 6.07) is 0. The normalized spacial score (nSPS) is 11.3. The molecule has 2 N–H and O–H groups in total. The number of unbranched alkanes of at least 4 members (excludes halogenated alkanes) is 1. The molecule has 0 fully saturated rings. The van der Waals surface area contributed by atoms with Crippen LogP contribution in [0.15, 0.2) is 0 Å². The van der Waals surface area contributed by atoms with Crippen molar-refractivity contribution in [3.05, 3.63) is 0 Å². The first-order valence-electron chi connectivity index (χ1n) is 8.75. The van der Waals surface area contributed by atoms with Gasteiger partial charge in [-0.1, -0.05) is 0 Å². The fraction of sp³-hybridized carbons (Fsp3) is 1.00. The van der Waals surface area contributed by atoms with Crippen molar-refractivity contribution in [1.82, 2.24) is 0 Å². The lowest BCUT2D eigenvalue weighted by atomic mass is 10.3. The van der Waals surface area contributed by atoms with Crippen LogP contribution in [-0.2, 0) is 33.3 Å². The Morgan fingerprint density at radius 1 is 0.400 bits per heavy atom. The Hall–Kier alpha value is -0.360. The van der Waals surface area contributed by atoms with Crippen molar-refractivity contribution in [2.75, 3.05) is 92.5 Å². The molecular weight excluding hydrogens is 336 g/mol. The Labute approximate surface area is 150 Å². The molecule has 0 saturated heterocycles. The third kappa shape index (κ3) is 23.6. The smallest absolute Gasteiger partial charge is 0.105 e. The van der Waals surface area contributed by atoms with E-state index < -0.39 is 0 Å². The number of aliphatic hydroxyl groups is 1. The number of ether oxygens (including phenoxy) is 6. The summed E-state index contributed by atoms with van der Waals surface area (Å²) in [6.07, 6.45) is 1.89. The Bertz CT molecular complexity index is 210. The van der Waals surface area contributed by atoms with Crippen LogP contribution in [0.5, 0.6) is 0 Å². The molecule has 25 heavy (non-hydrogen) atoms. The average molecular weight is 370 g/mol. The molecule has 152 valence electrons. The van der Waals surface area contributed by atoms with Crippen LogP contribution in [0.1, 0.15) is 12.8 Å². The Morgan fingerprint density at radius 2 is 0.720 bits per heavy atom. The summed E-state index contributed by atoms with van der Waals surface area (Å²) in [5, 5.41) is 16.6. The molecule has 0 atom stereocenters. The molecule has 0 aromatic carbocycles. The monoisotopic (exact) mass is 370 g/mol. The zero-order valence-electron chi connectivity index (χ0n) is 15.1. The Morgan fingerprint density at radius 3 is 1.08 bits per heavy atom. The second kappa shape index (κ2) is 23.6. The van der Waals surface area contributed by atoms with Gasteiger partial charge in [0.1, 0.15) is 6.61 Å². The molecule has 0 spiro atoms. The minimum atomic E-state index is 0.0388. The van der Waals surface area contributed by atoms with Crippen LogP contribution in [0.3, 0.4) is 0 Å². The summed E-state index contributed by atoms with van der Waals surface area (Å²) >= 11 is 0. The first-order valence-corrected chi connectivity index (χ1v) is 8.75. The van der Waals surface area contributed by atoms with E-state index in [1.165, 1.54) is 0 Å². The maximum Gasteiger partial charge on any atom is 0.105 e. The molecule has 0 radical (unpaired) electrons. The summed E-state index contributed by atoms with van der Waals surface area (Å²) in [4.78, 5) is 3.87. The molecule has 0 rings (SSSR count). The Kier molecular flexibility index (Phi) is 23.3. The fourth-order valence-electron chi connectivity index (χ4n) is 1.65. The van der Waals surface area contributed by atoms with Gasteiger partial charge in [-0.3, -0.25) is 5.26 Å². The minimum absolute atomic E-state index is 0.0388. The highest BCUT2D eigenvalue weighted by atomic mass is 17.1. The third-order valence-electron chi connectivity index (χ3n) is 2.87. The number of aliphatic hydroxyl groups excluding tert-OH is 1. The SMILES string of the molecule is OCCOCCOCCOCCCCOCCOCCOCCOO. The van der Waals surface area contributed by atoms with Gasteiger partial charge in [-0.05, 0) is 12.8 Å². The van der Waals surface area contributed by atoms with Gasteiger partial charge in [-0.25, -0.2) is 4.89 Å². The molecule has 0 aromatic rings. The highest BCUT2D eigenvalue weighted by Crippen LogP contribution is 1.92. The first-order chi connectivity index (χ1) is 12.4. The standard InChI is InChI=1S/C16H34O9/c17-3-6-21-9-12-22-10-7-19-4-1-2-5-20-8-11-23-13-14-24-15-16-25-18/h17-18H,1-16H2. The van der Waals surface area contributed by atoms with Crippen molar-refractivity contribution < 1.29 is 43.7 Å². The molecule has 9 heteroatoms. The van der Waals surface area contributed by atoms with Gasteiger partial charge in [0.25, 0.3) is 0 Å². The van der Waals surface area contributed by atoms with Crippen molar-refractivity contribution in [2.45, 2.75) is 12.8 Å². The van der Waals surface area contributed by atoms with E-state index in [0.29, 0.717) is 79.3 Å². The van der Waals surface area contributed by atoms with Crippen LogP contribution in [-0.4, -0.2) is 103 Å². The highest BCUT2D eigenvalue weighted by Gasteiger charge is 1.94. The molecule has 0 bridgehead atoms. The van der Waals surface area contributed by atoms with Crippen LogP contribution in [0.4, 0.5) is 0 Å². The first kappa shape index (κ1) is 24.6. The second-order valence-electron chi connectivity index (χ2n) is 4.94. The lowest BCUT2D eigenvalue weighted by Crippen LogP contribution is -2.12. The average Bonchev–Trinajstić information content (AvgIpc) is 2.63. The molecule has 0 heterocycles. The molecule has 0 aliphatic heterocycles. The van der Waals surface area contributed by atoms with E-state index >= 15 is 0 Å². The molecule has 0 aliphatic rings. The lowest BCUT2D eigenvalue weighted by Gasteiger charge is -2.07.